The van der Waals surface area contributed by atoms with Gasteiger partial charge in [-0.05, 0) is 55.5 Å². The van der Waals surface area contributed by atoms with E-state index in [9.17, 15) is 22.4 Å². The Balaban J connectivity index is 1.31. The highest BCUT2D eigenvalue weighted by atomic mass is 19.4. The molecule has 0 bridgehead atoms. The molecule has 0 saturated carbocycles. The second kappa shape index (κ2) is 8.98. The highest BCUT2D eigenvalue weighted by Crippen LogP contribution is 2.24. The van der Waals surface area contributed by atoms with Crippen molar-refractivity contribution in [2.24, 2.45) is 11.8 Å². The first kappa shape index (κ1) is 20.7. The van der Waals surface area contributed by atoms with Gasteiger partial charge in [0, 0.05) is 38.4 Å². The molecule has 28 heavy (non-hydrogen) atoms. The number of anilines is 1. The van der Waals surface area contributed by atoms with Gasteiger partial charge in [0.05, 0.1) is 6.54 Å². The minimum Gasteiger partial charge on any atom is -0.371 e. The van der Waals surface area contributed by atoms with Crippen LogP contribution in [0, 0.1) is 17.7 Å². The highest BCUT2D eigenvalue weighted by Gasteiger charge is 2.34. The van der Waals surface area contributed by atoms with E-state index in [1.807, 2.05) is 0 Å². The normalized spacial score (nSPS) is 23.2. The van der Waals surface area contributed by atoms with Gasteiger partial charge in [-0.2, -0.15) is 13.2 Å². The molecule has 2 atom stereocenters. The molecule has 0 radical (unpaired) electrons. The van der Waals surface area contributed by atoms with Gasteiger partial charge < -0.3 is 15.5 Å². The van der Waals surface area contributed by atoms with Crippen molar-refractivity contribution in [1.82, 2.24) is 15.5 Å². The van der Waals surface area contributed by atoms with Crippen molar-refractivity contribution >= 4 is 11.7 Å². The average molecular weight is 402 g/mol. The predicted molar refractivity (Wildman–Crippen MR) is 98.7 cm³/mol. The summed E-state index contributed by atoms with van der Waals surface area (Å²) in [6.07, 6.45) is -2.58. The molecule has 2 fully saturated rings. The van der Waals surface area contributed by atoms with Crippen LogP contribution < -0.4 is 15.5 Å². The first-order valence-corrected chi connectivity index (χ1v) is 9.60. The number of urea groups is 1. The van der Waals surface area contributed by atoms with Gasteiger partial charge in [0.25, 0.3) is 0 Å². The first-order valence-electron chi connectivity index (χ1n) is 9.60. The molecule has 9 heteroatoms. The Labute approximate surface area is 162 Å². The Morgan fingerprint density at radius 2 is 1.61 bits per heavy atom. The summed E-state index contributed by atoms with van der Waals surface area (Å²) in [6.45, 7) is 2.45. The molecular weight excluding hydrogens is 376 g/mol. The lowest BCUT2D eigenvalue weighted by Crippen LogP contribution is -2.41. The van der Waals surface area contributed by atoms with Crippen LogP contribution in [0.5, 0.6) is 0 Å². The average Bonchev–Trinajstić information content (AvgIpc) is 3.27. The van der Waals surface area contributed by atoms with Gasteiger partial charge in [-0.1, -0.05) is 0 Å². The number of rotatable bonds is 6. The fourth-order valence-electron chi connectivity index (χ4n) is 3.90. The lowest BCUT2D eigenvalue weighted by molar-refractivity contribution is -0.143. The van der Waals surface area contributed by atoms with Crippen molar-refractivity contribution in [2.75, 3.05) is 50.7 Å². The number of amides is 2. The summed E-state index contributed by atoms with van der Waals surface area (Å²) >= 11 is 0. The number of carbonyl (C=O) groups is 1. The zero-order chi connectivity index (χ0) is 20.1. The summed E-state index contributed by atoms with van der Waals surface area (Å²) in [5, 5.41) is 5.62. The zero-order valence-electron chi connectivity index (χ0n) is 15.6. The Morgan fingerprint density at radius 3 is 2.25 bits per heavy atom. The number of hydrogen-bond donors (Lipinski definition) is 2. The molecule has 2 amide bonds. The molecule has 2 N–H and O–H groups in total. The topological polar surface area (TPSA) is 47.6 Å². The van der Waals surface area contributed by atoms with E-state index in [-0.39, 0.29) is 17.8 Å². The molecule has 2 unspecified atom stereocenters. The third-order valence-corrected chi connectivity index (χ3v) is 5.35. The highest BCUT2D eigenvalue weighted by molar-refractivity contribution is 5.73. The third-order valence-electron chi connectivity index (χ3n) is 5.35. The number of alkyl halides is 3. The van der Waals surface area contributed by atoms with Gasteiger partial charge in [0.15, 0.2) is 0 Å². The van der Waals surface area contributed by atoms with E-state index >= 15 is 0 Å². The molecule has 1 aromatic rings. The van der Waals surface area contributed by atoms with Gasteiger partial charge in [0.2, 0.25) is 0 Å². The standard InChI is InChI=1S/C19H26F4N4O/c20-16-1-3-17(4-2-16)27-8-6-15(12-27)10-25-18(28)24-9-14-5-7-26(11-14)13-19(21,22)23/h1-4,14-15H,5-13H2,(H2,24,25,28). The largest absolute Gasteiger partial charge is 0.401 e. The Bertz CT molecular complexity index is 652. The molecule has 156 valence electrons. The summed E-state index contributed by atoms with van der Waals surface area (Å²) in [6, 6.07) is 6.10. The molecule has 0 aromatic heterocycles. The molecule has 2 saturated heterocycles. The van der Waals surface area contributed by atoms with Crippen molar-refractivity contribution in [1.29, 1.82) is 0 Å². The molecule has 0 spiro atoms. The van der Waals surface area contributed by atoms with Crippen LogP contribution in [0.2, 0.25) is 0 Å². The van der Waals surface area contributed by atoms with Crippen molar-refractivity contribution < 1.29 is 22.4 Å². The van der Waals surface area contributed by atoms with E-state index in [1.54, 1.807) is 12.1 Å². The van der Waals surface area contributed by atoms with Crippen LogP contribution in [-0.2, 0) is 0 Å². The van der Waals surface area contributed by atoms with E-state index in [0.29, 0.717) is 38.5 Å². The molecule has 2 aliphatic rings. The zero-order valence-corrected chi connectivity index (χ0v) is 15.6. The molecular formula is C19H26F4N4O. The number of likely N-dealkylation sites (tertiary alicyclic amines) is 1. The summed E-state index contributed by atoms with van der Waals surface area (Å²) in [5.41, 5.74) is 0.970. The van der Waals surface area contributed by atoms with Crippen molar-refractivity contribution in [3.63, 3.8) is 0 Å². The lowest BCUT2D eigenvalue weighted by atomic mass is 10.1. The van der Waals surface area contributed by atoms with Crippen LogP contribution >= 0.6 is 0 Å². The maximum absolute atomic E-state index is 13.0. The van der Waals surface area contributed by atoms with Crippen LogP contribution in [0.4, 0.5) is 28.0 Å². The second-order valence-corrected chi connectivity index (χ2v) is 7.67. The SMILES string of the molecule is O=C(NCC1CCN(CC(F)(F)F)C1)NCC1CCN(c2ccc(F)cc2)C1. The van der Waals surface area contributed by atoms with Crippen LogP contribution in [0.3, 0.4) is 0 Å². The minimum absolute atomic E-state index is 0.0496. The van der Waals surface area contributed by atoms with Crippen LogP contribution in [-0.4, -0.2) is 62.9 Å². The number of nitrogens with zero attached hydrogens (tertiary/aromatic N) is 2. The van der Waals surface area contributed by atoms with E-state index in [1.165, 1.54) is 17.0 Å². The molecule has 5 nitrogen and oxygen atoms in total. The van der Waals surface area contributed by atoms with Gasteiger partial charge in [0.1, 0.15) is 5.82 Å². The van der Waals surface area contributed by atoms with Gasteiger partial charge >= 0.3 is 12.2 Å². The van der Waals surface area contributed by atoms with Gasteiger partial charge in [-0.15, -0.1) is 0 Å². The Kier molecular flexibility index (Phi) is 6.64. The van der Waals surface area contributed by atoms with E-state index in [2.05, 4.69) is 15.5 Å². The van der Waals surface area contributed by atoms with E-state index < -0.39 is 12.7 Å². The van der Waals surface area contributed by atoms with E-state index in [4.69, 9.17) is 0 Å². The second-order valence-electron chi connectivity index (χ2n) is 7.67. The fourth-order valence-corrected chi connectivity index (χ4v) is 3.90. The Morgan fingerprint density at radius 1 is 1.00 bits per heavy atom. The summed E-state index contributed by atoms with van der Waals surface area (Å²) in [5.74, 6) is 0.0970. The fraction of sp³-hybridized carbons (Fsp3) is 0.632. The van der Waals surface area contributed by atoms with Gasteiger partial charge in [-0.3, -0.25) is 4.90 Å². The van der Waals surface area contributed by atoms with Gasteiger partial charge in [-0.25, -0.2) is 9.18 Å². The number of halogens is 4. The van der Waals surface area contributed by atoms with Crippen LogP contribution in [0.1, 0.15) is 12.8 Å². The summed E-state index contributed by atoms with van der Waals surface area (Å²) in [7, 11) is 0. The number of carbonyl (C=O) groups excluding carboxylic acids is 1. The number of nitrogens with one attached hydrogen (secondary N) is 2. The third kappa shape index (κ3) is 6.25. The molecule has 1 aromatic carbocycles. The van der Waals surface area contributed by atoms with Crippen LogP contribution in [0.25, 0.3) is 0 Å². The summed E-state index contributed by atoms with van der Waals surface area (Å²) < 4.78 is 50.2. The molecule has 0 aliphatic carbocycles. The quantitative estimate of drug-likeness (QED) is 0.720. The molecule has 2 heterocycles. The van der Waals surface area contributed by atoms with Crippen molar-refractivity contribution in [2.45, 2.75) is 19.0 Å². The monoisotopic (exact) mass is 402 g/mol. The number of benzene rings is 1. The molecule has 2 aliphatic heterocycles. The number of hydrogen-bond acceptors (Lipinski definition) is 3. The smallest absolute Gasteiger partial charge is 0.371 e. The minimum atomic E-state index is -4.18. The summed E-state index contributed by atoms with van der Waals surface area (Å²) in [4.78, 5) is 15.5. The van der Waals surface area contributed by atoms with Crippen molar-refractivity contribution in [3.8, 4) is 0 Å². The lowest BCUT2D eigenvalue weighted by Gasteiger charge is -2.19. The molecule has 3 rings (SSSR count). The maximum Gasteiger partial charge on any atom is 0.401 e. The predicted octanol–water partition coefficient (Wildman–Crippen LogP) is 2.84. The van der Waals surface area contributed by atoms with Crippen molar-refractivity contribution in [3.05, 3.63) is 30.1 Å². The van der Waals surface area contributed by atoms with E-state index in [0.717, 1.165) is 25.2 Å². The van der Waals surface area contributed by atoms with Crippen LogP contribution in [0.15, 0.2) is 24.3 Å². The Hall–Kier alpha value is -2.03. The first-order chi connectivity index (χ1) is 13.3. The maximum atomic E-state index is 13.0.